The lowest BCUT2D eigenvalue weighted by molar-refractivity contribution is -0.116. The van der Waals surface area contributed by atoms with E-state index < -0.39 is 0 Å². The first-order valence-electron chi connectivity index (χ1n) is 6.91. The Morgan fingerprint density at radius 1 is 1.37 bits per heavy atom. The van der Waals surface area contributed by atoms with Crippen LogP contribution in [0.25, 0.3) is 0 Å². The lowest BCUT2D eigenvalue weighted by Gasteiger charge is -2.29. The molecule has 1 aliphatic rings. The third-order valence-corrected chi connectivity index (χ3v) is 3.63. The van der Waals surface area contributed by atoms with Crippen molar-refractivity contribution < 1.29 is 9.90 Å². The zero-order valence-corrected chi connectivity index (χ0v) is 11.4. The largest absolute Gasteiger partial charge is 0.393 e. The average molecular weight is 262 g/mol. The molecule has 0 unspecified atom stereocenters. The second kappa shape index (κ2) is 6.68. The van der Waals surface area contributed by atoms with Gasteiger partial charge in [-0.3, -0.25) is 4.79 Å². The molecule has 1 heterocycles. The van der Waals surface area contributed by atoms with Gasteiger partial charge in [-0.15, -0.1) is 0 Å². The van der Waals surface area contributed by atoms with E-state index in [2.05, 4.69) is 10.2 Å². The van der Waals surface area contributed by atoms with Gasteiger partial charge in [-0.05, 0) is 31.4 Å². The maximum absolute atomic E-state index is 11.9. The van der Waals surface area contributed by atoms with Crippen molar-refractivity contribution >= 4 is 11.6 Å². The van der Waals surface area contributed by atoms with Crippen molar-refractivity contribution in [2.24, 2.45) is 0 Å². The van der Waals surface area contributed by atoms with Gasteiger partial charge in [-0.1, -0.05) is 18.2 Å². The Morgan fingerprint density at radius 3 is 2.74 bits per heavy atom. The number of hydrogen-bond acceptors (Lipinski definition) is 3. The molecule has 4 heteroatoms. The molecule has 0 spiro atoms. The van der Waals surface area contributed by atoms with E-state index in [1.165, 1.54) is 0 Å². The monoisotopic (exact) mass is 262 g/mol. The molecule has 2 rings (SSSR count). The van der Waals surface area contributed by atoms with Crippen LogP contribution in [0, 0.1) is 6.92 Å². The molecule has 0 bridgehead atoms. The van der Waals surface area contributed by atoms with Gasteiger partial charge in [0, 0.05) is 31.7 Å². The van der Waals surface area contributed by atoms with E-state index in [0.29, 0.717) is 6.42 Å². The molecule has 1 fully saturated rings. The first-order chi connectivity index (χ1) is 9.15. The molecule has 2 N–H and O–H groups in total. The molecule has 1 aliphatic heterocycles. The summed E-state index contributed by atoms with van der Waals surface area (Å²) in [5, 5.41) is 12.4. The Labute approximate surface area is 114 Å². The molecule has 4 nitrogen and oxygen atoms in total. The predicted molar refractivity (Wildman–Crippen MR) is 76.1 cm³/mol. The van der Waals surface area contributed by atoms with Crippen molar-refractivity contribution in [3.8, 4) is 0 Å². The summed E-state index contributed by atoms with van der Waals surface area (Å²) in [6.45, 7) is 4.53. The Hall–Kier alpha value is -1.39. The van der Waals surface area contributed by atoms with Crippen molar-refractivity contribution in [2.75, 3.05) is 25.0 Å². The maximum atomic E-state index is 11.9. The predicted octanol–water partition coefficient (Wildman–Crippen LogP) is 1.78. The van der Waals surface area contributed by atoms with E-state index in [-0.39, 0.29) is 12.0 Å². The number of nitrogens with zero attached hydrogens (tertiary/aromatic N) is 1. The minimum Gasteiger partial charge on any atom is -0.393 e. The van der Waals surface area contributed by atoms with Crippen molar-refractivity contribution in [3.05, 3.63) is 29.8 Å². The van der Waals surface area contributed by atoms with Crippen LogP contribution in [0.15, 0.2) is 24.3 Å². The maximum Gasteiger partial charge on any atom is 0.225 e. The zero-order chi connectivity index (χ0) is 13.7. The van der Waals surface area contributed by atoms with E-state index in [9.17, 15) is 9.90 Å². The van der Waals surface area contributed by atoms with E-state index in [1.807, 2.05) is 31.2 Å². The summed E-state index contributed by atoms with van der Waals surface area (Å²) in [6.07, 6.45) is 1.99. The molecular formula is C15H22N2O2. The summed E-state index contributed by atoms with van der Waals surface area (Å²) in [7, 11) is 0. The Balaban J connectivity index is 1.74. The van der Waals surface area contributed by atoms with Gasteiger partial charge in [0.1, 0.15) is 0 Å². The summed E-state index contributed by atoms with van der Waals surface area (Å²) in [6, 6.07) is 7.80. The van der Waals surface area contributed by atoms with Crippen LogP contribution in [0.3, 0.4) is 0 Å². The van der Waals surface area contributed by atoms with Gasteiger partial charge in [0.2, 0.25) is 5.91 Å². The molecule has 1 amide bonds. The molecule has 0 atom stereocenters. The number of anilines is 1. The standard InChI is InChI=1S/C15H22N2O2/c1-12-4-2-3-5-14(12)16-15(19)8-11-17-9-6-13(18)7-10-17/h2-5,13,18H,6-11H2,1H3,(H,16,19). The number of nitrogens with one attached hydrogen (secondary N) is 1. The van der Waals surface area contributed by atoms with E-state index in [4.69, 9.17) is 0 Å². The number of carbonyl (C=O) groups is 1. The topological polar surface area (TPSA) is 52.6 Å². The van der Waals surface area contributed by atoms with Crippen molar-refractivity contribution in [3.63, 3.8) is 0 Å². The fourth-order valence-corrected chi connectivity index (χ4v) is 2.33. The third kappa shape index (κ3) is 4.33. The molecule has 1 aromatic carbocycles. The van der Waals surface area contributed by atoms with Gasteiger partial charge in [0.05, 0.1) is 6.10 Å². The van der Waals surface area contributed by atoms with Crippen molar-refractivity contribution in [1.29, 1.82) is 0 Å². The summed E-state index contributed by atoms with van der Waals surface area (Å²) in [4.78, 5) is 14.1. The second-order valence-corrected chi connectivity index (χ2v) is 5.19. The number of likely N-dealkylation sites (tertiary alicyclic amines) is 1. The summed E-state index contributed by atoms with van der Waals surface area (Å²) in [5.41, 5.74) is 1.97. The average Bonchev–Trinajstić information content (AvgIpc) is 2.41. The number of para-hydroxylation sites is 1. The van der Waals surface area contributed by atoms with E-state index >= 15 is 0 Å². The molecule has 19 heavy (non-hydrogen) atoms. The molecule has 0 aliphatic carbocycles. The van der Waals surface area contributed by atoms with Crippen LogP contribution in [-0.4, -0.2) is 41.7 Å². The summed E-state index contributed by atoms with van der Waals surface area (Å²) in [5.74, 6) is 0.0559. The third-order valence-electron chi connectivity index (χ3n) is 3.63. The number of aliphatic hydroxyl groups is 1. The minimum atomic E-state index is -0.156. The Morgan fingerprint density at radius 2 is 2.05 bits per heavy atom. The van der Waals surface area contributed by atoms with Gasteiger partial charge in [0.25, 0.3) is 0 Å². The summed E-state index contributed by atoms with van der Waals surface area (Å²) < 4.78 is 0. The normalized spacial score (nSPS) is 17.4. The second-order valence-electron chi connectivity index (χ2n) is 5.19. The highest BCUT2D eigenvalue weighted by Crippen LogP contribution is 2.14. The summed E-state index contributed by atoms with van der Waals surface area (Å²) >= 11 is 0. The number of aryl methyl sites for hydroxylation is 1. The molecule has 0 saturated carbocycles. The number of aliphatic hydroxyl groups excluding tert-OH is 1. The smallest absolute Gasteiger partial charge is 0.225 e. The molecule has 1 aromatic rings. The SMILES string of the molecule is Cc1ccccc1NC(=O)CCN1CCC(O)CC1. The number of hydrogen-bond donors (Lipinski definition) is 2. The molecule has 104 valence electrons. The van der Waals surface area contributed by atoms with Crippen LogP contribution in [0.5, 0.6) is 0 Å². The van der Waals surface area contributed by atoms with E-state index in [1.54, 1.807) is 0 Å². The van der Waals surface area contributed by atoms with Crippen LogP contribution >= 0.6 is 0 Å². The van der Waals surface area contributed by atoms with Gasteiger partial charge in [-0.25, -0.2) is 0 Å². The fourth-order valence-electron chi connectivity index (χ4n) is 2.33. The first kappa shape index (κ1) is 14.0. The Kier molecular flexibility index (Phi) is 4.93. The lowest BCUT2D eigenvalue weighted by atomic mass is 10.1. The van der Waals surface area contributed by atoms with Crippen LogP contribution in [0.1, 0.15) is 24.8 Å². The lowest BCUT2D eigenvalue weighted by Crippen LogP contribution is -2.37. The van der Waals surface area contributed by atoms with Crippen molar-refractivity contribution in [2.45, 2.75) is 32.3 Å². The highest BCUT2D eigenvalue weighted by molar-refractivity contribution is 5.91. The first-order valence-corrected chi connectivity index (χ1v) is 6.91. The van der Waals surface area contributed by atoms with Gasteiger partial charge in [0.15, 0.2) is 0 Å². The van der Waals surface area contributed by atoms with E-state index in [0.717, 1.165) is 43.7 Å². The molecule has 1 saturated heterocycles. The number of amides is 1. The van der Waals surface area contributed by atoms with Gasteiger partial charge in [-0.2, -0.15) is 0 Å². The highest BCUT2D eigenvalue weighted by atomic mass is 16.3. The van der Waals surface area contributed by atoms with Gasteiger partial charge >= 0.3 is 0 Å². The number of carbonyl (C=O) groups excluding carboxylic acids is 1. The van der Waals surface area contributed by atoms with Crippen LogP contribution < -0.4 is 5.32 Å². The van der Waals surface area contributed by atoms with Crippen LogP contribution in [0.2, 0.25) is 0 Å². The van der Waals surface area contributed by atoms with Crippen LogP contribution in [-0.2, 0) is 4.79 Å². The molecular weight excluding hydrogens is 240 g/mol. The number of piperidine rings is 1. The fraction of sp³-hybridized carbons (Fsp3) is 0.533. The highest BCUT2D eigenvalue weighted by Gasteiger charge is 2.17. The number of rotatable bonds is 4. The van der Waals surface area contributed by atoms with Crippen LogP contribution in [0.4, 0.5) is 5.69 Å². The number of benzene rings is 1. The van der Waals surface area contributed by atoms with Crippen molar-refractivity contribution in [1.82, 2.24) is 4.90 Å². The molecule has 0 aromatic heterocycles. The Bertz CT molecular complexity index is 426. The zero-order valence-electron chi connectivity index (χ0n) is 11.4. The quantitative estimate of drug-likeness (QED) is 0.869. The van der Waals surface area contributed by atoms with Gasteiger partial charge < -0.3 is 15.3 Å². The minimum absolute atomic E-state index is 0.0559. The molecule has 0 radical (unpaired) electrons.